The van der Waals surface area contributed by atoms with Gasteiger partial charge in [0.05, 0.1) is 16.9 Å². The largest absolute Gasteiger partial charge is 0.324 e. The summed E-state index contributed by atoms with van der Waals surface area (Å²) < 4.78 is 15.6. The van der Waals surface area contributed by atoms with Crippen LogP contribution in [0.2, 0.25) is 0 Å². The first-order valence-electron chi connectivity index (χ1n) is 7.52. The Morgan fingerprint density at radius 2 is 1.85 bits per heavy atom. The fourth-order valence-electron chi connectivity index (χ4n) is 3.32. The predicted octanol–water partition coefficient (Wildman–Crippen LogP) is 5.20. The Morgan fingerprint density at radius 1 is 1.15 bits per heavy atom. The maximum atomic E-state index is 13.4. The third-order valence-corrected chi connectivity index (χ3v) is 4.52. The van der Waals surface area contributed by atoms with Crippen molar-refractivity contribution in [2.24, 2.45) is 0 Å². The fraction of sp³-hybridized carbons (Fsp3) is 0.562. The first-order chi connectivity index (χ1) is 9.79. The Morgan fingerprint density at radius 3 is 2.55 bits per heavy atom. The first-order valence-corrected chi connectivity index (χ1v) is 8.05. The van der Waals surface area contributed by atoms with Gasteiger partial charge in [0.15, 0.2) is 0 Å². The third-order valence-electron chi connectivity index (χ3n) is 4.28. The molecule has 3 rings (SSSR count). The number of benzene rings is 1. The molecule has 0 amide bonds. The lowest BCUT2D eigenvalue weighted by molar-refractivity contribution is 0.373. The number of rotatable bonds is 2. The van der Waals surface area contributed by atoms with Gasteiger partial charge in [0.1, 0.15) is 11.6 Å². The maximum absolute atomic E-state index is 13.4. The highest BCUT2D eigenvalue weighted by Gasteiger charge is 2.19. The normalized spacial score (nSPS) is 18.1. The molecule has 1 heterocycles. The quantitative estimate of drug-likeness (QED) is 0.696. The number of hydrogen-bond acceptors (Lipinski definition) is 1. The van der Waals surface area contributed by atoms with Gasteiger partial charge in [0.2, 0.25) is 0 Å². The summed E-state index contributed by atoms with van der Waals surface area (Å²) in [6.45, 7) is 0. The number of hydrogen-bond donors (Lipinski definition) is 0. The summed E-state index contributed by atoms with van der Waals surface area (Å²) in [5, 5.41) is 0. The summed E-state index contributed by atoms with van der Waals surface area (Å²) in [6.07, 6.45) is 8.84. The molecular weight excluding hydrogens is 275 g/mol. The highest BCUT2D eigenvalue weighted by atomic mass is 35.5. The molecule has 0 saturated heterocycles. The summed E-state index contributed by atoms with van der Waals surface area (Å²) in [5.41, 5.74) is 1.75. The van der Waals surface area contributed by atoms with Crippen molar-refractivity contribution in [1.82, 2.24) is 9.55 Å². The van der Waals surface area contributed by atoms with Crippen molar-refractivity contribution in [3.05, 3.63) is 29.8 Å². The molecule has 0 unspecified atom stereocenters. The average molecular weight is 295 g/mol. The van der Waals surface area contributed by atoms with Crippen LogP contribution in [0.4, 0.5) is 4.39 Å². The molecule has 0 atom stereocenters. The van der Waals surface area contributed by atoms with Gasteiger partial charge < -0.3 is 4.57 Å². The van der Waals surface area contributed by atoms with Crippen LogP contribution in [0, 0.1) is 5.82 Å². The van der Waals surface area contributed by atoms with Crippen LogP contribution >= 0.6 is 11.6 Å². The van der Waals surface area contributed by atoms with E-state index in [-0.39, 0.29) is 5.82 Å². The molecule has 2 nitrogen and oxygen atoms in total. The Hall–Kier alpha value is -1.09. The zero-order valence-electron chi connectivity index (χ0n) is 11.6. The molecule has 1 aliphatic carbocycles. The van der Waals surface area contributed by atoms with Gasteiger partial charge in [-0.15, -0.1) is 11.6 Å². The van der Waals surface area contributed by atoms with E-state index in [0.29, 0.717) is 11.9 Å². The summed E-state index contributed by atoms with van der Waals surface area (Å²) in [4.78, 5) is 4.51. The van der Waals surface area contributed by atoms with E-state index in [1.54, 1.807) is 0 Å². The highest BCUT2D eigenvalue weighted by Crippen LogP contribution is 2.31. The zero-order chi connectivity index (χ0) is 13.9. The van der Waals surface area contributed by atoms with Crippen molar-refractivity contribution in [1.29, 1.82) is 0 Å². The lowest BCUT2D eigenvalue weighted by Crippen LogP contribution is -2.13. The van der Waals surface area contributed by atoms with Crippen molar-refractivity contribution >= 4 is 22.6 Å². The molecule has 0 bridgehead atoms. The number of aromatic nitrogens is 2. The van der Waals surface area contributed by atoms with Gasteiger partial charge >= 0.3 is 0 Å². The second-order valence-electron chi connectivity index (χ2n) is 5.66. The molecule has 1 aliphatic rings. The van der Waals surface area contributed by atoms with E-state index in [2.05, 4.69) is 9.55 Å². The smallest absolute Gasteiger partial charge is 0.125 e. The van der Waals surface area contributed by atoms with E-state index in [4.69, 9.17) is 11.6 Å². The monoisotopic (exact) mass is 294 g/mol. The van der Waals surface area contributed by atoms with Gasteiger partial charge in [-0.05, 0) is 25.0 Å². The van der Waals surface area contributed by atoms with Crippen LogP contribution in [0.3, 0.4) is 0 Å². The van der Waals surface area contributed by atoms with Crippen molar-refractivity contribution < 1.29 is 4.39 Å². The Bertz CT molecular complexity index is 585. The lowest BCUT2D eigenvalue weighted by Gasteiger charge is -2.23. The summed E-state index contributed by atoms with van der Waals surface area (Å²) >= 11 is 6.06. The maximum Gasteiger partial charge on any atom is 0.125 e. The van der Waals surface area contributed by atoms with Crippen molar-refractivity contribution in [3.8, 4) is 0 Å². The van der Waals surface area contributed by atoms with Gasteiger partial charge in [-0.1, -0.05) is 32.1 Å². The topological polar surface area (TPSA) is 17.8 Å². The van der Waals surface area contributed by atoms with E-state index in [1.807, 2.05) is 6.07 Å². The van der Waals surface area contributed by atoms with Crippen molar-refractivity contribution in [3.63, 3.8) is 0 Å². The zero-order valence-corrected chi connectivity index (χ0v) is 12.4. The number of nitrogens with zero attached hydrogens (tertiary/aromatic N) is 2. The molecule has 2 aromatic rings. The van der Waals surface area contributed by atoms with Crippen LogP contribution in [0.1, 0.15) is 56.8 Å². The van der Waals surface area contributed by atoms with Gasteiger partial charge in [-0.3, -0.25) is 0 Å². The summed E-state index contributed by atoms with van der Waals surface area (Å²) in [7, 11) is 0. The van der Waals surface area contributed by atoms with Crippen LogP contribution in [0.15, 0.2) is 18.2 Å². The van der Waals surface area contributed by atoms with E-state index < -0.39 is 0 Å². The molecule has 0 spiro atoms. The van der Waals surface area contributed by atoms with E-state index in [9.17, 15) is 4.39 Å². The second-order valence-corrected chi connectivity index (χ2v) is 5.93. The minimum absolute atomic E-state index is 0.235. The van der Waals surface area contributed by atoms with Gasteiger partial charge in [0.25, 0.3) is 0 Å². The molecule has 0 aliphatic heterocycles. The van der Waals surface area contributed by atoms with Crippen LogP contribution in [-0.4, -0.2) is 9.55 Å². The Labute approximate surface area is 123 Å². The molecule has 1 saturated carbocycles. The number of alkyl halides is 1. The molecular formula is C16H20ClFN2. The molecule has 1 fully saturated rings. The molecule has 4 heteroatoms. The molecule has 1 aromatic carbocycles. The molecule has 20 heavy (non-hydrogen) atoms. The van der Waals surface area contributed by atoms with Gasteiger partial charge in [-0.25, -0.2) is 9.37 Å². The number of fused-ring (bicyclic) bond motifs is 1. The van der Waals surface area contributed by atoms with Gasteiger partial charge in [0, 0.05) is 12.1 Å². The standard InChI is InChI=1S/C16H20ClFN2/c17-11-16-19-14-10-12(18)8-9-15(14)20(16)13-6-4-2-1-3-5-7-13/h8-10,13H,1-7,11H2. The van der Waals surface area contributed by atoms with E-state index in [1.165, 1.54) is 57.1 Å². The minimum Gasteiger partial charge on any atom is -0.324 e. The number of halogens is 2. The van der Waals surface area contributed by atoms with Gasteiger partial charge in [-0.2, -0.15) is 0 Å². The van der Waals surface area contributed by atoms with Crippen LogP contribution in [0.5, 0.6) is 0 Å². The predicted molar refractivity (Wildman–Crippen MR) is 80.6 cm³/mol. The second kappa shape index (κ2) is 6.13. The van der Waals surface area contributed by atoms with Crippen LogP contribution in [-0.2, 0) is 5.88 Å². The van der Waals surface area contributed by atoms with Crippen LogP contribution < -0.4 is 0 Å². The van der Waals surface area contributed by atoms with Crippen molar-refractivity contribution in [2.75, 3.05) is 0 Å². The van der Waals surface area contributed by atoms with E-state index >= 15 is 0 Å². The summed E-state index contributed by atoms with van der Waals surface area (Å²) in [5.74, 6) is 1.02. The molecule has 0 radical (unpaired) electrons. The highest BCUT2D eigenvalue weighted by molar-refractivity contribution is 6.16. The average Bonchev–Trinajstić information content (AvgIpc) is 2.76. The first kappa shape index (κ1) is 13.9. The SMILES string of the molecule is Fc1ccc2c(c1)nc(CCl)n2C1CCCCCCC1. The molecule has 108 valence electrons. The lowest BCUT2D eigenvalue weighted by atomic mass is 9.96. The minimum atomic E-state index is -0.235. The van der Waals surface area contributed by atoms with Crippen LogP contribution in [0.25, 0.3) is 11.0 Å². The Kier molecular flexibility index (Phi) is 4.25. The number of imidazole rings is 1. The summed E-state index contributed by atoms with van der Waals surface area (Å²) in [6, 6.07) is 5.32. The molecule has 1 aromatic heterocycles. The fourth-order valence-corrected chi connectivity index (χ4v) is 3.50. The Balaban J connectivity index is 2.03. The third kappa shape index (κ3) is 2.69. The van der Waals surface area contributed by atoms with Crippen molar-refractivity contribution in [2.45, 2.75) is 56.9 Å². The van der Waals surface area contributed by atoms with E-state index in [0.717, 1.165) is 16.9 Å². The molecule has 0 N–H and O–H groups in total.